The zero-order valence-electron chi connectivity index (χ0n) is 14.5. The van der Waals surface area contributed by atoms with Crippen LogP contribution in [0.25, 0.3) is 0 Å². The van der Waals surface area contributed by atoms with E-state index in [2.05, 4.69) is 59.6 Å². The molecule has 0 radical (unpaired) electrons. The molecule has 2 aromatic rings. The number of hydrogen-bond acceptors (Lipinski definition) is 3. The van der Waals surface area contributed by atoms with Gasteiger partial charge < -0.3 is 4.90 Å². The summed E-state index contributed by atoms with van der Waals surface area (Å²) in [4.78, 5) is 6.88. The minimum atomic E-state index is 0.495. The van der Waals surface area contributed by atoms with Crippen LogP contribution in [0.1, 0.15) is 36.0 Å². The predicted molar refractivity (Wildman–Crippen MR) is 91.1 cm³/mol. The molecule has 4 nitrogen and oxygen atoms in total. The summed E-state index contributed by atoms with van der Waals surface area (Å²) in [5.41, 5.74) is 4.81. The largest absolute Gasteiger partial charge is 0.303 e. The molecule has 0 saturated heterocycles. The lowest BCUT2D eigenvalue weighted by Gasteiger charge is -2.24. The minimum absolute atomic E-state index is 0.495. The second-order valence-electron chi connectivity index (χ2n) is 6.36. The van der Waals surface area contributed by atoms with Crippen LogP contribution in [0.15, 0.2) is 24.4 Å². The summed E-state index contributed by atoms with van der Waals surface area (Å²) in [5.74, 6) is 0. The van der Waals surface area contributed by atoms with Gasteiger partial charge in [0.05, 0.1) is 5.69 Å². The fourth-order valence-corrected chi connectivity index (χ4v) is 2.76. The van der Waals surface area contributed by atoms with Crippen molar-refractivity contribution < 1.29 is 0 Å². The molecule has 4 heteroatoms. The van der Waals surface area contributed by atoms with Gasteiger partial charge in [-0.3, -0.25) is 9.67 Å². The van der Waals surface area contributed by atoms with E-state index in [0.29, 0.717) is 6.04 Å². The first-order valence-electron chi connectivity index (χ1n) is 8.08. The van der Waals surface area contributed by atoms with Crippen molar-refractivity contribution in [1.82, 2.24) is 19.7 Å². The highest BCUT2D eigenvalue weighted by Gasteiger charge is 2.11. The Morgan fingerprint density at radius 3 is 2.64 bits per heavy atom. The molecule has 22 heavy (non-hydrogen) atoms. The van der Waals surface area contributed by atoms with E-state index >= 15 is 0 Å². The molecule has 0 amide bonds. The molecule has 0 unspecified atom stereocenters. The molecule has 2 rings (SSSR count). The third-order valence-electron chi connectivity index (χ3n) is 4.21. The SMILES string of the molecule is Cc1ccnc(C[C@H](C)N(C)CCCn2nc(C)cc2C)c1. The van der Waals surface area contributed by atoms with Gasteiger partial charge >= 0.3 is 0 Å². The molecule has 0 saturated carbocycles. The van der Waals surface area contributed by atoms with Crippen LogP contribution in [0.4, 0.5) is 0 Å². The Morgan fingerprint density at radius 2 is 2.00 bits per heavy atom. The standard InChI is InChI=1S/C18H28N4/c1-14-7-8-19-18(11-14)13-16(3)21(5)9-6-10-22-17(4)12-15(2)20-22/h7-8,11-12,16H,6,9-10,13H2,1-5H3/t16-/m0/s1. The fraction of sp³-hybridized carbons (Fsp3) is 0.556. The summed E-state index contributed by atoms with van der Waals surface area (Å²) in [5, 5.41) is 4.52. The van der Waals surface area contributed by atoms with Crippen LogP contribution in [0, 0.1) is 20.8 Å². The van der Waals surface area contributed by atoms with Crippen molar-refractivity contribution >= 4 is 0 Å². The van der Waals surface area contributed by atoms with Crippen molar-refractivity contribution in [3.05, 3.63) is 47.0 Å². The molecule has 120 valence electrons. The Labute approximate surface area is 134 Å². The fourth-order valence-electron chi connectivity index (χ4n) is 2.76. The van der Waals surface area contributed by atoms with Gasteiger partial charge in [-0.2, -0.15) is 5.10 Å². The average Bonchev–Trinajstić information content (AvgIpc) is 2.77. The van der Waals surface area contributed by atoms with Crippen molar-refractivity contribution in [1.29, 1.82) is 0 Å². The van der Waals surface area contributed by atoms with Crippen LogP contribution in [-0.2, 0) is 13.0 Å². The molecule has 0 bridgehead atoms. The lowest BCUT2D eigenvalue weighted by atomic mass is 10.1. The van der Waals surface area contributed by atoms with Crippen LogP contribution in [0.5, 0.6) is 0 Å². The number of likely N-dealkylation sites (N-methyl/N-ethyl adjacent to an activating group) is 1. The van der Waals surface area contributed by atoms with Crippen LogP contribution in [-0.4, -0.2) is 39.3 Å². The van der Waals surface area contributed by atoms with Gasteiger partial charge in [0.1, 0.15) is 0 Å². The van der Waals surface area contributed by atoms with Crippen molar-refractivity contribution in [2.75, 3.05) is 13.6 Å². The molecule has 0 aliphatic heterocycles. The summed E-state index contributed by atoms with van der Waals surface area (Å²) >= 11 is 0. The number of nitrogens with zero attached hydrogens (tertiary/aromatic N) is 4. The predicted octanol–water partition coefficient (Wildman–Crippen LogP) is 3.16. The van der Waals surface area contributed by atoms with Gasteiger partial charge in [-0.05, 0) is 71.5 Å². The first-order valence-corrected chi connectivity index (χ1v) is 8.08. The second-order valence-corrected chi connectivity index (χ2v) is 6.36. The van der Waals surface area contributed by atoms with E-state index in [1.54, 1.807) is 0 Å². The molecule has 1 atom stereocenters. The normalized spacial score (nSPS) is 12.8. The third kappa shape index (κ3) is 4.67. The molecule has 0 N–H and O–H groups in total. The molecule has 2 heterocycles. The topological polar surface area (TPSA) is 34.0 Å². The first kappa shape index (κ1) is 16.7. The van der Waals surface area contributed by atoms with E-state index in [9.17, 15) is 0 Å². The van der Waals surface area contributed by atoms with Crippen LogP contribution in [0.2, 0.25) is 0 Å². The first-order chi connectivity index (χ1) is 10.5. The minimum Gasteiger partial charge on any atom is -0.303 e. The summed E-state index contributed by atoms with van der Waals surface area (Å²) < 4.78 is 2.11. The molecule has 0 fully saturated rings. The summed E-state index contributed by atoms with van der Waals surface area (Å²) in [6.45, 7) is 10.6. The number of aryl methyl sites for hydroxylation is 4. The van der Waals surface area contributed by atoms with E-state index in [1.807, 2.05) is 19.2 Å². The zero-order valence-corrected chi connectivity index (χ0v) is 14.5. The molecular formula is C18H28N4. The van der Waals surface area contributed by atoms with Gasteiger partial charge in [-0.15, -0.1) is 0 Å². The quantitative estimate of drug-likeness (QED) is 0.787. The molecule has 2 aromatic heterocycles. The Bertz CT molecular complexity index is 603. The van der Waals surface area contributed by atoms with Gasteiger partial charge in [0.2, 0.25) is 0 Å². The maximum atomic E-state index is 4.52. The summed E-state index contributed by atoms with van der Waals surface area (Å²) in [6, 6.07) is 6.86. The van der Waals surface area contributed by atoms with Crippen molar-refractivity contribution in [3.63, 3.8) is 0 Å². The van der Waals surface area contributed by atoms with E-state index in [4.69, 9.17) is 0 Å². The van der Waals surface area contributed by atoms with E-state index in [1.165, 1.54) is 17.0 Å². The van der Waals surface area contributed by atoms with Crippen molar-refractivity contribution in [2.45, 2.75) is 53.1 Å². The Balaban J connectivity index is 1.79. The average molecular weight is 300 g/mol. The van der Waals surface area contributed by atoms with Crippen LogP contribution < -0.4 is 0 Å². The van der Waals surface area contributed by atoms with Gasteiger partial charge in [-0.25, -0.2) is 0 Å². The number of rotatable bonds is 7. The maximum Gasteiger partial charge on any atom is 0.0596 e. The van der Waals surface area contributed by atoms with Gasteiger partial charge in [-0.1, -0.05) is 0 Å². The smallest absolute Gasteiger partial charge is 0.0596 e. The summed E-state index contributed by atoms with van der Waals surface area (Å²) in [7, 11) is 2.20. The van der Waals surface area contributed by atoms with Gasteiger partial charge in [0, 0.05) is 36.6 Å². The Morgan fingerprint density at radius 1 is 1.23 bits per heavy atom. The molecule has 0 spiro atoms. The Hall–Kier alpha value is -1.68. The number of hydrogen-bond donors (Lipinski definition) is 0. The van der Waals surface area contributed by atoms with E-state index < -0.39 is 0 Å². The van der Waals surface area contributed by atoms with Gasteiger partial charge in [0.15, 0.2) is 0 Å². The molecular weight excluding hydrogens is 272 g/mol. The molecule has 0 aliphatic rings. The maximum absolute atomic E-state index is 4.52. The van der Waals surface area contributed by atoms with Crippen molar-refractivity contribution in [3.8, 4) is 0 Å². The molecule has 0 aliphatic carbocycles. The van der Waals surface area contributed by atoms with Gasteiger partial charge in [0.25, 0.3) is 0 Å². The highest BCUT2D eigenvalue weighted by atomic mass is 15.3. The van der Waals surface area contributed by atoms with Crippen LogP contribution >= 0.6 is 0 Å². The highest BCUT2D eigenvalue weighted by Crippen LogP contribution is 2.08. The van der Waals surface area contributed by atoms with Crippen molar-refractivity contribution in [2.24, 2.45) is 0 Å². The zero-order chi connectivity index (χ0) is 16.1. The second kappa shape index (κ2) is 7.54. The van der Waals surface area contributed by atoms with Crippen LogP contribution in [0.3, 0.4) is 0 Å². The third-order valence-corrected chi connectivity index (χ3v) is 4.21. The lowest BCUT2D eigenvalue weighted by molar-refractivity contribution is 0.246. The molecule has 0 aromatic carbocycles. The highest BCUT2D eigenvalue weighted by molar-refractivity contribution is 5.15. The monoisotopic (exact) mass is 300 g/mol. The van der Waals surface area contributed by atoms with E-state index in [0.717, 1.165) is 31.6 Å². The van der Waals surface area contributed by atoms with E-state index in [-0.39, 0.29) is 0 Å². The lowest BCUT2D eigenvalue weighted by Crippen LogP contribution is -2.32. The number of aromatic nitrogens is 3. The number of pyridine rings is 1. The Kier molecular flexibility index (Phi) is 5.72. The summed E-state index contributed by atoms with van der Waals surface area (Å²) in [6.07, 6.45) is 4.02.